The van der Waals surface area contributed by atoms with E-state index in [2.05, 4.69) is 20.6 Å². The molecular weight excluding hydrogens is 595 g/mol. The van der Waals surface area contributed by atoms with E-state index in [1.54, 1.807) is 18.2 Å². The summed E-state index contributed by atoms with van der Waals surface area (Å²) in [4.78, 5) is 31.8. The molecule has 44 heavy (non-hydrogen) atoms. The van der Waals surface area contributed by atoms with Gasteiger partial charge in [-0.1, -0.05) is 11.2 Å². The van der Waals surface area contributed by atoms with Crippen LogP contribution in [-0.4, -0.2) is 70.0 Å². The highest BCUT2D eigenvalue weighted by Gasteiger charge is 2.50. The number of oxazole rings is 1. The van der Waals surface area contributed by atoms with Gasteiger partial charge in [-0.25, -0.2) is 23.2 Å². The van der Waals surface area contributed by atoms with Gasteiger partial charge in [0.25, 0.3) is 5.91 Å². The Morgan fingerprint density at radius 1 is 1.09 bits per heavy atom. The lowest BCUT2D eigenvalue weighted by atomic mass is 9.82. The molecule has 0 radical (unpaired) electrons. The van der Waals surface area contributed by atoms with E-state index in [0.717, 1.165) is 12.8 Å². The number of halogens is 5. The lowest BCUT2D eigenvalue weighted by Gasteiger charge is -2.39. The van der Waals surface area contributed by atoms with Gasteiger partial charge in [-0.05, 0) is 54.5 Å². The molecule has 0 spiro atoms. The predicted molar refractivity (Wildman–Crippen MR) is 140 cm³/mol. The number of hydrogen-bond donors (Lipinski definition) is 2. The third-order valence-electron chi connectivity index (χ3n) is 9.03. The molecule has 1 aromatic carbocycles. The summed E-state index contributed by atoms with van der Waals surface area (Å²) in [6, 6.07) is 0.502. The number of carbonyl (C=O) groups is 2. The Hall–Kier alpha value is -3.82. The van der Waals surface area contributed by atoms with Crippen LogP contribution in [0.25, 0.3) is 11.1 Å². The lowest BCUT2D eigenvalue weighted by molar-refractivity contribution is -0.151. The van der Waals surface area contributed by atoms with Crippen LogP contribution >= 0.6 is 0 Å². The van der Waals surface area contributed by atoms with Crippen molar-refractivity contribution in [3.05, 3.63) is 41.0 Å². The van der Waals surface area contributed by atoms with Gasteiger partial charge in [0.2, 0.25) is 11.8 Å². The Balaban J connectivity index is 1.19. The molecule has 11 nitrogen and oxygen atoms in total. The summed E-state index contributed by atoms with van der Waals surface area (Å²) in [6.07, 6.45) is -3.37. The number of nitrogens with one attached hydrogen (secondary N) is 2. The van der Waals surface area contributed by atoms with Crippen molar-refractivity contribution >= 4 is 23.0 Å². The van der Waals surface area contributed by atoms with Crippen molar-refractivity contribution in [2.45, 2.75) is 74.7 Å². The maximum Gasteiger partial charge on any atom is 0.410 e. The molecular formula is C28H29F5N6O5. The van der Waals surface area contributed by atoms with E-state index in [1.165, 1.54) is 4.90 Å². The normalized spacial score (nSPS) is 24.2. The first-order valence-electron chi connectivity index (χ1n) is 14.6. The van der Waals surface area contributed by atoms with Crippen LogP contribution in [0.5, 0.6) is 0 Å². The minimum absolute atomic E-state index is 0.0312. The number of ether oxygens (including phenoxy) is 1. The standard InChI is InChI=1S/C28H29F5N6O5/c29-27(30)7-5-14(6-8-27)21(36-24(40)22-20(13-1-2-13)37-44-38-22)25-34-17-9-15(3-4-18(17)43-25)23(16-11-42-12-16)39-10-19(28(31,32)33)35-26(39)41/h3-4,9,13-14,16,19,21,23H,1-2,5-8,10-12H2,(H,35,41)(H,36,40). The van der Waals surface area contributed by atoms with Crippen LogP contribution in [0.1, 0.15) is 84.2 Å². The monoisotopic (exact) mass is 624 g/mol. The molecule has 2 aromatic heterocycles. The first kappa shape index (κ1) is 28.9. The molecule has 0 bridgehead atoms. The van der Waals surface area contributed by atoms with Crippen molar-refractivity contribution in [1.82, 2.24) is 30.8 Å². The fourth-order valence-corrected chi connectivity index (χ4v) is 6.37. The van der Waals surface area contributed by atoms with Crippen LogP contribution < -0.4 is 10.6 Å². The largest absolute Gasteiger partial charge is 0.438 e. The molecule has 16 heteroatoms. The van der Waals surface area contributed by atoms with Crippen molar-refractivity contribution in [3.8, 4) is 0 Å². The van der Waals surface area contributed by atoms with Crippen molar-refractivity contribution in [3.63, 3.8) is 0 Å². The van der Waals surface area contributed by atoms with Gasteiger partial charge in [-0.2, -0.15) is 13.2 Å². The average Bonchev–Trinajstić information content (AvgIpc) is 3.33. The zero-order valence-corrected chi connectivity index (χ0v) is 23.3. The third kappa shape index (κ3) is 5.48. The Morgan fingerprint density at radius 2 is 1.84 bits per heavy atom. The molecule has 4 fully saturated rings. The van der Waals surface area contributed by atoms with E-state index < -0.39 is 54.6 Å². The number of alkyl halides is 5. The molecule has 3 atom stereocenters. The molecule has 2 aliphatic carbocycles. The molecule has 3 unspecified atom stereocenters. The van der Waals surface area contributed by atoms with Gasteiger partial charge in [0.15, 0.2) is 11.3 Å². The van der Waals surface area contributed by atoms with Crippen molar-refractivity contribution < 1.29 is 45.3 Å². The molecule has 3 aromatic rings. The summed E-state index contributed by atoms with van der Waals surface area (Å²) in [7, 11) is 0. The lowest BCUT2D eigenvalue weighted by Crippen LogP contribution is -2.44. The molecule has 2 aliphatic heterocycles. The van der Waals surface area contributed by atoms with Crippen LogP contribution in [0.15, 0.2) is 27.2 Å². The average molecular weight is 625 g/mol. The number of rotatable bonds is 8. The van der Waals surface area contributed by atoms with Crippen molar-refractivity contribution in [2.75, 3.05) is 19.8 Å². The van der Waals surface area contributed by atoms with E-state index in [0.29, 0.717) is 22.4 Å². The Labute approximate surface area is 246 Å². The molecule has 7 rings (SSSR count). The van der Waals surface area contributed by atoms with Crippen LogP contribution in [0.4, 0.5) is 26.7 Å². The number of carbonyl (C=O) groups excluding carboxylic acids is 2. The highest BCUT2D eigenvalue weighted by atomic mass is 19.4. The summed E-state index contributed by atoms with van der Waals surface area (Å²) in [5, 5.41) is 12.5. The topological polar surface area (TPSA) is 136 Å². The second-order valence-corrected chi connectivity index (χ2v) is 12.1. The molecule has 4 heterocycles. The number of hydrogen-bond acceptors (Lipinski definition) is 8. The Bertz CT molecular complexity index is 1560. The van der Waals surface area contributed by atoms with E-state index >= 15 is 0 Å². The van der Waals surface area contributed by atoms with Gasteiger partial charge >= 0.3 is 12.2 Å². The summed E-state index contributed by atoms with van der Waals surface area (Å²) in [5.41, 5.74) is 1.70. The van der Waals surface area contributed by atoms with E-state index in [4.69, 9.17) is 13.8 Å². The number of fused-ring (bicyclic) bond motifs is 1. The van der Waals surface area contributed by atoms with Gasteiger partial charge in [-0.15, -0.1) is 0 Å². The Kier molecular flexibility index (Phi) is 7.01. The van der Waals surface area contributed by atoms with Gasteiger partial charge in [0, 0.05) is 24.7 Å². The molecule has 4 aliphatic rings. The minimum atomic E-state index is -4.60. The van der Waals surface area contributed by atoms with Gasteiger partial charge < -0.3 is 24.7 Å². The molecule has 2 saturated heterocycles. The van der Waals surface area contributed by atoms with Crippen molar-refractivity contribution in [1.29, 1.82) is 0 Å². The summed E-state index contributed by atoms with van der Waals surface area (Å²) >= 11 is 0. The molecule has 2 N–H and O–H groups in total. The second kappa shape index (κ2) is 10.7. The van der Waals surface area contributed by atoms with Gasteiger partial charge in [-0.3, -0.25) is 4.79 Å². The Morgan fingerprint density at radius 3 is 2.48 bits per heavy atom. The zero-order valence-electron chi connectivity index (χ0n) is 23.3. The smallest absolute Gasteiger partial charge is 0.410 e. The molecule has 236 valence electrons. The maximum atomic E-state index is 14.0. The van der Waals surface area contributed by atoms with Crippen LogP contribution in [0, 0.1) is 11.8 Å². The van der Waals surface area contributed by atoms with Crippen LogP contribution in [0.3, 0.4) is 0 Å². The predicted octanol–water partition coefficient (Wildman–Crippen LogP) is 5.03. The highest BCUT2D eigenvalue weighted by Crippen LogP contribution is 2.44. The first-order chi connectivity index (χ1) is 21.0. The summed E-state index contributed by atoms with van der Waals surface area (Å²) < 4.78 is 84.5. The van der Waals surface area contributed by atoms with Crippen LogP contribution in [-0.2, 0) is 4.74 Å². The quantitative estimate of drug-likeness (QED) is 0.334. The molecule has 2 saturated carbocycles. The highest BCUT2D eigenvalue weighted by molar-refractivity contribution is 5.93. The third-order valence-corrected chi connectivity index (χ3v) is 9.03. The van der Waals surface area contributed by atoms with E-state index in [-0.39, 0.29) is 62.3 Å². The molecule has 3 amide bonds. The number of benzene rings is 1. The number of nitrogens with zero attached hydrogens (tertiary/aromatic N) is 4. The number of aromatic nitrogens is 3. The van der Waals surface area contributed by atoms with Crippen LogP contribution in [0.2, 0.25) is 0 Å². The van der Waals surface area contributed by atoms with Gasteiger partial charge in [0.1, 0.15) is 23.3 Å². The first-order valence-corrected chi connectivity index (χ1v) is 14.6. The van der Waals surface area contributed by atoms with E-state index in [9.17, 15) is 31.5 Å². The summed E-state index contributed by atoms with van der Waals surface area (Å²) in [5.74, 6) is -3.85. The zero-order chi connectivity index (χ0) is 30.8. The number of urea groups is 1. The number of amides is 3. The SMILES string of the molecule is O=C(NC(c1nc2cc(C(C3COC3)N3CC(C(F)(F)F)NC3=O)ccc2o1)C1CCC(F)(F)CC1)c1nonc1C1CC1. The van der Waals surface area contributed by atoms with E-state index in [1.807, 2.05) is 5.32 Å². The maximum absolute atomic E-state index is 14.0. The fraction of sp³-hybridized carbons (Fsp3) is 0.607. The minimum Gasteiger partial charge on any atom is -0.438 e. The van der Waals surface area contributed by atoms with Crippen molar-refractivity contribution in [2.24, 2.45) is 11.8 Å². The fourth-order valence-electron chi connectivity index (χ4n) is 6.37. The summed E-state index contributed by atoms with van der Waals surface area (Å²) in [6.45, 7) is -0.00736. The second-order valence-electron chi connectivity index (χ2n) is 12.1. The van der Waals surface area contributed by atoms with Gasteiger partial charge in [0.05, 0.1) is 25.8 Å².